The van der Waals surface area contributed by atoms with Gasteiger partial charge in [0, 0.05) is 17.5 Å². The molecule has 1 saturated heterocycles. The number of benzene rings is 2. The van der Waals surface area contributed by atoms with Gasteiger partial charge in [0.15, 0.2) is 0 Å². The molecular weight excluding hydrogens is 413 g/mol. The highest BCUT2D eigenvalue weighted by molar-refractivity contribution is 7.13. The van der Waals surface area contributed by atoms with E-state index in [2.05, 4.69) is 4.98 Å². The van der Waals surface area contributed by atoms with E-state index in [0.717, 1.165) is 34.6 Å². The summed E-state index contributed by atoms with van der Waals surface area (Å²) in [7, 11) is 0. The Morgan fingerprint density at radius 2 is 2.00 bits per heavy atom. The summed E-state index contributed by atoms with van der Waals surface area (Å²) in [5.74, 6) is -0.244. The zero-order valence-corrected chi connectivity index (χ0v) is 17.0. The Hall–Kier alpha value is -2.71. The second kappa shape index (κ2) is 8.20. The van der Waals surface area contributed by atoms with Crippen molar-refractivity contribution < 1.29 is 22.7 Å². The number of ether oxygens (including phenoxy) is 1. The number of carbonyl (C=O) groups excluding carboxylic acids is 1. The predicted molar refractivity (Wildman–Crippen MR) is 108 cm³/mol. The van der Waals surface area contributed by atoms with Gasteiger partial charge in [0.25, 0.3) is 5.91 Å². The Labute approximate surface area is 175 Å². The second-order valence-electron chi connectivity index (χ2n) is 7.08. The van der Waals surface area contributed by atoms with Crippen molar-refractivity contribution in [3.05, 3.63) is 76.3 Å². The van der Waals surface area contributed by atoms with Gasteiger partial charge >= 0.3 is 6.18 Å². The number of rotatable bonds is 3. The van der Waals surface area contributed by atoms with Crippen LogP contribution in [0.25, 0.3) is 10.6 Å². The molecule has 1 fully saturated rings. The first-order valence-electron chi connectivity index (χ1n) is 9.42. The molecule has 1 aromatic heterocycles. The molecule has 4 nitrogen and oxygen atoms in total. The summed E-state index contributed by atoms with van der Waals surface area (Å²) in [5.41, 5.74) is 1.97. The molecule has 1 aliphatic rings. The quantitative estimate of drug-likeness (QED) is 0.560. The van der Waals surface area contributed by atoms with E-state index < -0.39 is 11.7 Å². The average Bonchev–Trinajstić information content (AvgIpc) is 3.23. The number of thiazole rings is 1. The van der Waals surface area contributed by atoms with Crippen LogP contribution in [0.15, 0.2) is 53.9 Å². The van der Waals surface area contributed by atoms with Gasteiger partial charge in [0.1, 0.15) is 16.8 Å². The lowest BCUT2D eigenvalue weighted by molar-refractivity contribution is -0.137. The van der Waals surface area contributed by atoms with Gasteiger partial charge in [-0.3, -0.25) is 4.79 Å². The van der Waals surface area contributed by atoms with Crippen molar-refractivity contribution in [1.82, 2.24) is 9.88 Å². The highest BCUT2D eigenvalue weighted by Gasteiger charge is 2.31. The Balaban J connectivity index is 1.52. The highest BCUT2D eigenvalue weighted by atomic mass is 32.1. The number of hydrogen-bond acceptors (Lipinski definition) is 4. The third-order valence-corrected chi connectivity index (χ3v) is 5.94. The Kier molecular flexibility index (Phi) is 5.62. The van der Waals surface area contributed by atoms with Gasteiger partial charge in [-0.2, -0.15) is 13.2 Å². The number of halogens is 3. The average molecular weight is 432 g/mol. The van der Waals surface area contributed by atoms with Crippen molar-refractivity contribution in [1.29, 1.82) is 0 Å². The van der Waals surface area contributed by atoms with Gasteiger partial charge in [-0.1, -0.05) is 36.4 Å². The van der Waals surface area contributed by atoms with E-state index in [4.69, 9.17) is 4.74 Å². The van der Waals surface area contributed by atoms with Crippen LogP contribution in [0.1, 0.15) is 33.3 Å². The summed E-state index contributed by atoms with van der Waals surface area (Å²) in [6, 6.07) is 12.9. The molecule has 1 aliphatic heterocycles. The maximum atomic E-state index is 13.0. The van der Waals surface area contributed by atoms with Crippen LogP contribution in [-0.4, -0.2) is 35.5 Å². The highest BCUT2D eigenvalue weighted by Crippen LogP contribution is 2.33. The van der Waals surface area contributed by atoms with Crippen molar-refractivity contribution in [3.63, 3.8) is 0 Å². The second-order valence-corrected chi connectivity index (χ2v) is 7.94. The molecule has 30 heavy (non-hydrogen) atoms. The molecule has 0 aliphatic carbocycles. The summed E-state index contributed by atoms with van der Waals surface area (Å²) in [6.45, 7) is 3.26. The van der Waals surface area contributed by atoms with E-state index in [1.54, 1.807) is 16.3 Å². The molecule has 0 saturated carbocycles. The first-order chi connectivity index (χ1) is 14.3. The molecule has 1 unspecified atom stereocenters. The van der Waals surface area contributed by atoms with Gasteiger partial charge in [-0.05, 0) is 30.2 Å². The smallest absolute Gasteiger partial charge is 0.370 e. The Bertz CT molecular complexity index is 1060. The lowest BCUT2D eigenvalue weighted by Crippen LogP contribution is -2.42. The molecular formula is C22H19F3N2O2S. The van der Waals surface area contributed by atoms with Crippen LogP contribution in [0.3, 0.4) is 0 Å². The number of aryl methyl sites for hydroxylation is 1. The van der Waals surface area contributed by atoms with Gasteiger partial charge in [0.05, 0.1) is 18.7 Å². The molecule has 0 N–H and O–H groups in total. The first-order valence-corrected chi connectivity index (χ1v) is 10.3. The van der Waals surface area contributed by atoms with Crippen LogP contribution in [0, 0.1) is 6.92 Å². The van der Waals surface area contributed by atoms with E-state index in [-0.39, 0.29) is 17.7 Å². The van der Waals surface area contributed by atoms with Gasteiger partial charge < -0.3 is 9.64 Å². The molecule has 2 heterocycles. The number of nitrogens with zero attached hydrogens (tertiary/aromatic N) is 2. The van der Waals surface area contributed by atoms with Gasteiger partial charge in [-0.25, -0.2) is 4.98 Å². The van der Waals surface area contributed by atoms with Crippen LogP contribution in [0.2, 0.25) is 0 Å². The first kappa shape index (κ1) is 20.6. The molecule has 4 rings (SSSR count). The van der Waals surface area contributed by atoms with Crippen LogP contribution in [0.5, 0.6) is 0 Å². The van der Waals surface area contributed by atoms with Gasteiger partial charge in [0.2, 0.25) is 0 Å². The van der Waals surface area contributed by atoms with Crippen molar-refractivity contribution in [3.8, 4) is 10.6 Å². The standard InChI is InChI=1S/C22H19F3N2O2S/c1-14-5-2-3-8-17(14)19-12-27(9-10-29-19)21(28)18-13-30-20(26-18)15-6-4-7-16(11-15)22(23,24)25/h2-8,11,13,19H,9-10,12H2,1H3. The van der Waals surface area contributed by atoms with Crippen LogP contribution in [-0.2, 0) is 10.9 Å². The summed E-state index contributed by atoms with van der Waals surface area (Å²) >= 11 is 1.16. The summed E-state index contributed by atoms with van der Waals surface area (Å²) in [6.07, 6.45) is -4.64. The summed E-state index contributed by atoms with van der Waals surface area (Å²) < 4.78 is 44.8. The Morgan fingerprint density at radius 1 is 1.20 bits per heavy atom. The number of hydrogen-bond donors (Lipinski definition) is 0. The molecule has 0 spiro atoms. The zero-order valence-electron chi connectivity index (χ0n) is 16.1. The molecule has 1 amide bonds. The van der Waals surface area contributed by atoms with E-state index >= 15 is 0 Å². The maximum Gasteiger partial charge on any atom is 0.416 e. The summed E-state index contributed by atoms with van der Waals surface area (Å²) in [5, 5.41) is 1.98. The largest absolute Gasteiger partial charge is 0.416 e. The molecule has 1 atom stereocenters. The topological polar surface area (TPSA) is 42.4 Å². The van der Waals surface area contributed by atoms with Crippen molar-refractivity contribution >= 4 is 17.2 Å². The fourth-order valence-corrected chi connectivity index (χ4v) is 4.26. The molecule has 3 aromatic rings. The number of alkyl halides is 3. The third kappa shape index (κ3) is 4.24. The van der Waals surface area contributed by atoms with E-state index in [9.17, 15) is 18.0 Å². The van der Waals surface area contributed by atoms with Crippen molar-refractivity contribution in [2.24, 2.45) is 0 Å². The monoisotopic (exact) mass is 432 g/mol. The lowest BCUT2D eigenvalue weighted by Gasteiger charge is -2.33. The number of amides is 1. The predicted octanol–water partition coefficient (Wildman–Crippen LogP) is 5.35. The van der Waals surface area contributed by atoms with Crippen molar-refractivity contribution in [2.75, 3.05) is 19.7 Å². The summed E-state index contributed by atoms with van der Waals surface area (Å²) in [4.78, 5) is 19.0. The molecule has 0 bridgehead atoms. The maximum absolute atomic E-state index is 13.0. The molecule has 2 aromatic carbocycles. The minimum Gasteiger partial charge on any atom is -0.370 e. The van der Waals surface area contributed by atoms with Gasteiger partial charge in [-0.15, -0.1) is 11.3 Å². The molecule has 8 heteroatoms. The van der Waals surface area contributed by atoms with E-state index in [0.29, 0.717) is 30.3 Å². The van der Waals surface area contributed by atoms with Crippen molar-refractivity contribution in [2.45, 2.75) is 19.2 Å². The van der Waals surface area contributed by atoms with Crippen LogP contribution in [0.4, 0.5) is 13.2 Å². The third-order valence-electron chi connectivity index (χ3n) is 5.05. The fraction of sp³-hybridized carbons (Fsp3) is 0.273. The van der Waals surface area contributed by atoms with Crippen LogP contribution < -0.4 is 0 Å². The number of aromatic nitrogens is 1. The number of carbonyl (C=O) groups is 1. The number of morpholine rings is 1. The SMILES string of the molecule is Cc1ccccc1C1CN(C(=O)c2csc(-c3cccc(C(F)(F)F)c3)n2)CCO1. The fourth-order valence-electron chi connectivity index (χ4n) is 3.47. The lowest BCUT2D eigenvalue weighted by atomic mass is 10.0. The molecule has 0 radical (unpaired) electrons. The Morgan fingerprint density at radius 3 is 2.77 bits per heavy atom. The minimum atomic E-state index is -4.43. The molecule has 156 valence electrons. The van der Waals surface area contributed by atoms with E-state index in [1.165, 1.54) is 6.07 Å². The van der Waals surface area contributed by atoms with E-state index in [1.807, 2.05) is 31.2 Å². The zero-order chi connectivity index (χ0) is 21.3. The normalized spacial score (nSPS) is 17.2. The van der Waals surface area contributed by atoms with Crippen LogP contribution >= 0.6 is 11.3 Å². The minimum absolute atomic E-state index is 0.217.